The van der Waals surface area contributed by atoms with Crippen LogP contribution in [0.4, 0.5) is 4.39 Å². The van der Waals surface area contributed by atoms with Gasteiger partial charge < -0.3 is 5.32 Å². The summed E-state index contributed by atoms with van der Waals surface area (Å²) in [6.45, 7) is 0.0395. The summed E-state index contributed by atoms with van der Waals surface area (Å²) in [6, 6.07) is 6.40. The first-order chi connectivity index (χ1) is 10.3. The Hall–Kier alpha value is -1.80. The Kier molecular flexibility index (Phi) is 5.25. The monoisotopic (exact) mass is 342 g/mol. The lowest BCUT2D eigenvalue weighted by molar-refractivity contribution is 0.0951. The number of thiazole rings is 1. The maximum absolute atomic E-state index is 13.6. The van der Waals surface area contributed by atoms with Gasteiger partial charge in [0.05, 0.1) is 10.8 Å². The van der Waals surface area contributed by atoms with Crippen LogP contribution in [0.2, 0.25) is 0 Å². The fourth-order valence-corrected chi connectivity index (χ4v) is 3.01. The van der Waals surface area contributed by atoms with Crippen molar-refractivity contribution in [3.05, 3.63) is 51.7 Å². The van der Waals surface area contributed by atoms with Crippen LogP contribution in [0.15, 0.2) is 29.6 Å². The highest BCUT2D eigenvalue weighted by Crippen LogP contribution is 2.16. The summed E-state index contributed by atoms with van der Waals surface area (Å²) in [5.41, 5.74) is 0.728. The Morgan fingerprint density at radius 1 is 1.36 bits per heavy atom. The maximum Gasteiger partial charge on any atom is 0.270 e. The minimum atomic E-state index is -3.12. The van der Waals surface area contributed by atoms with Crippen LogP contribution in [-0.2, 0) is 16.3 Å². The first kappa shape index (κ1) is 16.6. The van der Waals surface area contributed by atoms with Crippen molar-refractivity contribution in [2.45, 2.75) is 6.42 Å². The highest BCUT2D eigenvalue weighted by Gasteiger charge is 2.12. The van der Waals surface area contributed by atoms with Gasteiger partial charge in [-0.05, 0) is 11.6 Å². The standard InChI is InChI=1S/C14H15FN2O3S2/c1-22(19,20)7-6-16-14(18)12-9-21-13(17-12)8-10-4-2-3-5-11(10)15/h2-5,9H,6-8H2,1H3,(H,16,18). The molecule has 1 aromatic heterocycles. The van der Waals surface area contributed by atoms with E-state index in [4.69, 9.17) is 0 Å². The van der Waals surface area contributed by atoms with Gasteiger partial charge in [0, 0.05) is 24.6 Å². The second-order valence-electron chi connectivity index (χ2n) is 4.78. The molecule has 1 heterocycles. The van der Waals surface area contributed by atoms with Crippen molar-refractivity contribution in [3.8, 4) is 0 Å². The highest BCUT2D eigenvalue weighted by molar-refractivity contribution is 7.90. The maximum atomic E-state index is 13.6. The topological polar surface area (TPSA) is 76.1 Å². The van der Waals surface area contributed by atoms with Crippen molar-refractivity contribution in [2.24, 2.45) is 0 Å². The van der Waals surface area contributed by atoms with Crippen LogP contribution < -0.4 is 5.32 Å². The summed E-state index contributed by atoms with van der Waals surface area (Å²) in [7, 11) is -3.12. The Labute approximate surface area is 132 Å². The van der Waals surface area contributed by atoms with E-state index in [0.717, 1.165) is 6.26 Å². The Morgan fingerprint density at radius 3 is 2.77 bits per heavy atom. The summed E-state index contributed by atoms with van der Waals surface area (Å²) in [4.78, 5) is 16.0. The van der Waals surface area contributed by atoms with Crippen molar-refractivity contribution >= 4 is 27.1 Å². The highest BCUT2D eigenvalue weighted by atomic mass is 32.2. The van der Waals surface area contributed by atoms with Crippen LogP contribution in [0, 0.1) is 5.82 Å². The van der Waals surface area contributed by atoms with Crippen LogP contribution in [0.3, 0.4) is 0 Å². The van der Waals surface area contributed by atoms with Crippen LogP contribution >= 0.6 is 11.3 Å². The smallest absolute Gasteiger partial charge is 0.270 e. The van der Waals surface area contributed by atoms with Gasteiger partial charge >= 0.3 is 0 Å². The fourth-order valence-electron chi connectivity index (χ4n) is 1.74. The fraction of sp³-hybridized carbons (Fsp3) is 0.286. The van der Waals surface area contributed by atoms with Gasteiger partial charge in [0.1, 0.15) is 21.3 Å². The van der Waals surface area contributed by atoms with Gasteiger partial charge in [0.2, 0.25) is 0 Å². The van der Waals surface area contributed by atoms with Gasteiger partial charge in [-0.15, -0.1) is 11.3 Å². The number of nitrogens with one attached hydrogen (secondary N) is 1. The third-order valence-corrected chi connectivity index (χ3v) is 4.64. The van der Waals surface area contributed by atoms with Crippen molar-refractivity contribution in [3.63, 3.8) is 0 Å². The predicted molar refractivity (Wildman–Crippen MR) is 83.4 cm³/mol. The Morgan fingerprint density at radius 2 is 2.09 bits per heavy atom. The molecule has 0 atom stereocenters. The second-order valence-corrected chi connectivity index (χ2v) is 7.98. The largest absolute Gasteiger partial charge is 0.350 e. The third-order valence-electron chi connectivity index (χ3n) is 2.84. The number of nitrogens with zero attached hydrogens (tertiary/aromatic N) is 1. The number of sulfone groups is 1. The zero-order valence-corrected chi connectivity index (χ0v) is 13.5. The summed E-state index contributed by atoms with van der Waals surface area (Å²) in [5.74, 6) is -0.859. The number of halogens is 1. The number of aromatic nitrogens is 1. The van der Waals surface area contributed by atoms with E-state index in [0.29, 0.717) is 17.0 Å². The molecule has 0 saturated carbocycles. The summed E-state index contributed by atoms with van der Waals surface area (Å²) < 4.78 is 35.5. The minimum absolute atomic E-state index is 0.0395. The molecule has 1 amide bonds. The molecule has 2 rings (SSSR count). The average Bonchev–Trinajstić information content (AvgIpc) is 2.88. The van der Waals surface area contributed by atoms with E-state index in [-0.39, 0.29) is 23.8 Å². The summed E-state index contributed by atoms with van der Waals surface area (Å²) in [5, 5.41) is 4.69. The lowest BCUT2D eigenvalue weighted by Crippen LogP contribution is -2.29. The lowest BCUT2D eigenvalue weighted by atomic mass is 10.1. The SMILES string of the molecule is CS(=O)(=O)CCNC(=O)c1csc(Cc2ccccc2F)n1. The average molecular weight is 342 g/mol. The molecule has 0 bridgehead atoms. The molecule has 0 spiro atoms. The molecule has 8 heteroatoms. The van der Waals surface area contributed by atoms with Gasteiger partial charge in [0.25, 0.3) is 5.91 Å². The number of carbonyl (C=O) groups is 1. The quantitative estimate of drug-likeness (QED) is 0.866. The van der Waals surface area contributed by atoms with Gasteiger partial charge in [-0.25, -0.2) is 17.8 Å². The molecule has 1 aromatic carbocycles. The normalized spacial score (nSPS) is 11.4. The molecule has 118 valence electrons. The van der Waals surface area contributed by atoms with Gasteiger partial charge in [-0.1, -0.05) is 18.2 Å². The van der Waals surface area contributed by atoms with Gasteiger partial charge in [0.15, 0.2) is 0 Å². The van der Waals surface area contributed by atoms with Crippen molar-refractivity contribution in [1.29, 1.82) is 0 Å². The molecule has 1 N–H and O–H groups in total. The summed E-state index contributed by atoms with van der Waals surface area (Å²) >= 11 is 1.26. The van der Waals surface area contributed by atoms with Crippen LogP contribution in [0.1, 0.15) is 21.1 Å². The number of hydrogen-bond donors (Lipinski definition) is 1. The second kappa shape index (κ2) is 6.97. The number of rotatable bonds is 6. The van der Waals surface area contributed by atoms with Crippen molar-refractivity contribution in [2.75, 3.05) is 18.6 Å². The molecular weight excluding hydrogens is 327 g/mol. The predicted octanol–water partition coefficient (Wildman–Crippen LogP) is 1.65. The molecule has 0 saturated heterocycles. The van der Waals surface area contributed by atoms with E-state index in [9.17, 15) is 17.6 Å². The number of amides is 1. The van der Waals surface area contributed by atoms with Crippen LogP contribution in [0.5, 0.6) is 0 Å². The zero-order chi connectivity index (χ0) is 16.2. The Balaban J connectivity index is 1.96. The van der Waals surface area contributed by atoms with E-state index in [1.54, 1.807) is 23.6 Å². The van der Waals surface area contributed by atoms with Crippen LogP contribution in [-0.4, -0.2) is 37.9 Å². The van der Waals surface area contributed by atoms with E-state index in [2.05, 4.69) is 10.3 Å². The molecule has 2 aromatic rings. The first-order valence-electron chi connectivity index (χ1n) is 6.49. The minimum Gasteiger partial charge on any atom is -0.350 e. The number of hydrogen-bond acceptors (Lipinski definition) is 5. The molecule has 0 aliphatic rings. The van der Waals surface area contributed by atoms with Crippen molar-refractivity contribution in [1.82, 2.24) is 10.3 Å². The molecule has 0 aliphatic carbocycles. The lowest BCUT2D eigenvalue weighted by Gasteiger charge is -2.01. The number of benzene rings is 1. The zero-order valence-electron chi connectivity index (χ0n) is 11.9. The van der Waals surface area contributed by atoms with E-state index < -0.39 is 15.7 Å². The molecule has 5 nitrogen and oxygen atoms in total. The van der Waals surface area contributed by atoms with Crippen LogP contribution in [0.25, 0.3) is 0 Å². The van der Waals surface area contributed by atoms with Gasteiger partial charge in [-0.3, -0.25) is 4.79 Å². The van der Waals surface area contributed by atoms with Crippen molar-refractivity contribution < 1.29 is 17.6 Å². The number of carbonyl (C=O) groups excluding carboxylic acids is 1. The third kappa shape index (κ3) is 4.88. The molecule has 0 radical (unpaired) electrons. The van der Waals surface area contributed by atoms with E-state index in [1.807, 2.05) is 0 Å². The van der Waals surface area contributed by atoms with Gasteiger partial charge in [-0.2, -0.15) is 0 Å². The molecular formula is C14H15FN2O3S2. The molecule has 22 heavy (non-hydrogen) atoms. The van der Waals surface area contributed by atoms with E-state index >= 15 is 0 Å². The first-order valence-corrected chi connectivity index (χ1v) is 9.43. The molecule has 0 fully saturated rings. The Bertz CT molecular complexity index is 772. The molecule has 0 aliphatic heterocycles. The summed E-state index contributed by atoms with van der Waals surface area (Å²) in [6.07, 6.45) is 1.42. The van der Waals surface area contributed by atoms with E-state index in [1.165, 1.54) is 17.4 Å². The molecule has 0 unspecified atom stereocenters.